The third kappa shape index (κ3) is 4.45. The number of aryl methyl sites for hydroxylation is 1. The molecule has 1 aliphatic carbocycles. The highest BCUT2D eigenvalue weighted by Crippen LogP contribution is 2.30. The summed E-state index contributed by atoms with van der Waals surface area (Å²) in [6.45, 7) is 8.42. The van der Waals surface area contributed by atoms with Gasteiger partial charge in [-0.25, -0.2) is 0 Å². The Kier molecular flexibility index (Phi) is 6.07. The number of anilines is 1. The molecule has 0 unspecified atom stereocenters. The zero-order valence-corrected chi connectivity index (χ0v) is 13.7. The molecule has 2 rings (SSSR count). The molecule has 0 aromatic heterocycles. The predicted octanol–water partition coefficient (Wildman–Crippen LogP) is 3.23. The Hall–Kier alpha value is -1.06. The second-order valence-corrected chi connectivity index (χ2v) is 6.51. The maximum atomic E-state index is 9.40. The van der Waals surface area contributed by atoms with Crippen LogP contribution in [-0.2, 0) is 6.54 Å². The number of aliphatic hydroxyl groups is 1. The molecule has 1 aromatic carbocycles. The molecule has 2 N–H and O–H groups in total. The van der Waals surface area contributed by atoms with Gasteiger partial charge in [-0.15, -0.1) is 0 Å². The minimum Gasteiger partial charge on any atom is -0.395 e. The molecular weight excluding hydrogens is 260 g/mol. The first-order valence-electron chi connectivity index (χ1n) is 8.32. The van der Waals surface area contributed by atoms with Crippen molar-refractivity contribution in [3.8, 4) is 0 Å². The number of nitrogens with one attached hydrogen (secondary N) is 1. The third-order valence-electron chi connectivity index (χ3n) is 4.39. The van der Waals surface area contributed by atoms with Crippen LogP contribution in [0.25, 0.3) is 0 Å². The van der Waals surface area contributed by atoms with E-state index in [1.165, 1.54) is 42.5 Å². The van der Waals surface area contributed by atoms with Crippen LogP contribution in [0.3, 0.4) is 0 Å². The lowest BCUT2D eigenvalue weighted by Crippen LogP contribution is -2.36. The van der Waals surface area contributed by atoms with Gasteiger partial charge in [-0.05, 0) is 37.0 Å². The Balaban J connectivity index is 2.12. The Morgan fingerprint density at radius 2 is 2.00 bits per heavy atom. The Labute approximate surface area is 129 Å². The molecule has 118 valence electrons. The molecule has 0 spiro atoms. The summed E-state index contributed by atoms with van der Waals surface area (Å²) in [5, 5.41) is 12.9. The number of aliphatic hydroxyl groups excluding tert-OH is 1. The summed E-state index contributed by atoms with van der Waals surface area (Å²) in [7, 11) is 0. The van der Waals surface area contributed by atoms with Crippen molar-refractivity contribution in [3.63, 3.8) is 0 Å². The number of hydrogen-bond donors (Lipinski definition) is 2. The van der Waals surface area contributed by atoms with Crippen LogP contribution in [0.1, 0.15) is 50.7 Å². The van der Waals surface area contributed by atoms with Crippen molar-refractivity contribution in [3.05, 3.63) is 29.3 Å². The fourth-order valence-corrected chi connectivity index (χ4v) is 3.30. The number of nitrogens with zero attached hydrogens (tertiary/aromatic N) is 1. The molecule has 0 radical (unpaired) electrons. The van der Waals surface area contributed by atoms with Crippen LogP contribution in [-0.4, -0.2) is 30.3 Å². The van der Waals surface area contributed by atoms with E-state index in [0.29, 0.717) is 12.1 Å². The topological polar surface area (TPSA) is 35.5 Å². The van der Waals surface area contributed by atoms with Crippen molar-refractivity contribution in [1.29, 1.82) is 0 Å². The van der Waals surface area contributed by atoms with E-state index in [0.717, 1.165) is 13.1 Å². The quantitative estimate of drug-likeness (QED) is 0.809. The molecule has 0 atom stereocenters. The van der Waals surface area contributed by atoms with Gasteiger partial charge in [-0.2, -0.15) is 0 Å². The third-order valence-corrected chi connectivity index (χ3v) is 4.39. The van der Waals surface area contributed by atoms with Gasteiger partial charge in [0.25, 0.3) is 0 Å². The number of rotatable bonds is 7. The summed E-state index contributed by atoms with van der Waals surface area (Å²) in [6.07, 6.45) is 5.16. The Morgan fingerprint density at radius 1 is 1.29 bits per heavy atom. The first-order valence-corrected chi connectivity index (χ1v) is 8.32. The van der Waals surface area contributed by atoms with Crippen molar-refractivity contribution < 1.29 is 5.11 Å². The molecule has 1 saturated carbocycles. The number of benzene rings is 1. The summed E-state index contributed by atoms with van der Waals surface area (Å²) < 4.78 is 0. The second-order valence-electron chi connectivity index (χ2n) is 6.51. The monoisotopic (exact) mass is 290 g/mol. The Morgan fingerprint density at radius 3 is 2.57 bits per heavy atom. The fourth-order valence-electron chi connectivity index (χ4n) is 3.30. The largest absolute Gasteiger partial charge is 0.395 e. The summed E-state index contributed by atoms with van der Waals surface area (Å²) in [5.74, 6) is 0. The molecule has 3 nitrogen and oxygen atoms in total. The molecule has 1 aliphatic rings. The molecule has 0 aliphatic heterocycles. The van der Waals surface area contributed by atoms with Gasteiger partial charge in [-0.1, -0.05) is 38.8 Å². The van der Waals surface area contributed by atoms with Crippen molar-refractivity contribution in [2.24, 2.45) is 0 Å². The molecule has 1 aromatic rings. The minimum atomic E-state index is 0.229. The Bertz CT molecular complexity index is 439. The van der Waals surface area contributed by atoms with Crippen LogP contribution >= 0.6 is 0 Å². The smallest absolute Gasteiger partial charge is 0.0606 e. The lowest BCUT2D eigenvalue weighted by atomic mass is 10.1. The van der Waals surface area contributed by atoms with E-state index in [1.807, 2.05) is 0 Å². The fraction of sp³-hybridized carbons (Fsp3) is 0.667. The van der Waals surface area contributed by atoms with Crippen LogP contribution < -0.4 is 10.2 Å². The maximum absolute atomic E-state index is 9.40. The van der Waals surface area contributed by atoms with Gasteiger partial charge in [0, 0.05) is 30.9 Å². The highest BCUT2D eigenvalue weighted by molar-refractivity contribution is 5.55. The standard InChI is InChI=1S/C18H30N2O/c1-14(2)19-13-16-8-9-18(15(3)12-16)20(10-11-21)17-6-4-5-7-17/h8-9,12,14,17,19,21H,4-7,10-11,13H2,1-3H3. The molecule has 0 bridgehead atoms. The lowest BCUT2D eigenvalue weighted by Gasteiger charge is -2.32. The van der Waals surface area contributed by atoms with Gasteiger partial charge < -0.3 is 15.3 Å². The zero-order valence-electron chi connectivity index (χ0n) is 13.7. The average Bonchev–Trinajstić information content (AvgIpc) is 2.97. The van der Waals surface area contributed by atoms with Crippen molar-refractivity contribution in [2.45, 2.75) is 65.1 Å². The van der Waals surface area contributed by atoms with Crippen molar-refractivity contribution in [1.82, 2.24) is 5.32 Å². The molecular formula is C18H30N2O. The van der Waals surface area contributed by atoms with Gasteiger partial charge in [0.15, 0.2) is 0 Å². The first kappa shape index (κ1) is 16.3. The molecule has 0 amide bonds. The molecule has 3 heteroatoms. The lowest BCUT2D eigenvalue weighted by molar-refractivity contribution is 0.297. The summed E-state index contributed by atoms with van der Waals surface area (Å²) in [6, 6.07) is 7.85. The molecule has 1 fully saturated rings. The van der Waals surface area contributed by atoms with Crippen LogP contribution in [0.15, 0.2) is 18.2 Å². The van der Waals surface area contributed by atoms with Gasteiger partial charge >= 0.3 is 0 Å². The summed E-state index contributed by atoms with van der Waals surface area (Å²) in [4.78, 5) is 2.42. The van der Waals surface area contributed by atoms with Crippen LogP contribution in [0.4, 0.5) is 5.69 Å². The van der Waals surface area contributed by atoms with E-state index in [-0.39, 0.29) is 6.61 Å². The average molecular weight is 290 g/mol. The van der Waals surface area contributed by atoms with E-state index in [2.05, 4.69) is 49.2 Å². The van der Waals surface area contributed by atoms with Gasteiger partial charge in [0.2, 0.25) is 0 Å². The van der Waals surface area contributed by atoms with Crippen LogP contribution in [0, 0.1) is 6.92 Å². The number of hydrogen-bond acceptors (Lipinski definition) is 3. The van der Waals surface area contributed by atoms with E-state index in [9.17, 15) is 5.11 Å². The van der Waals surface area contributed by atoms with E-state index < -0.39 is 0 Å². The first-order chi connectivity index (χ1) is 10.1. The normalized spacial score (nSPS) is 15.9. The van der Waals surface area contributed by atoms with E-state index in [4.69, 9.17) is 0 Å². The van der Waals surface area contributed by atoms with Crippen molar-refractivity contribution in [2.75, 3.05) is 18.1 Å². The van der Waals surface area contributed by atoms with Gasteiger partial charge in [0.1, 0.15) is 0 Å². The van der Waals surface area contributed by atoms with E-state index in [1.54, 1.807) is 0 Å². The van der Waals surface area contributed by atoms with Crippen LogP contribution in [0.5, 0.6) is 0 Å². The molecule has 0 saturated heterocycles. The summed E-state index contributed by atoms with van der Waals surface area (Å²) >= 11 is 0. The van der Waals surface area contributed by atoms with Gasteiger partial charge in [-0.3, -0.25) is 0 Å². The van der Waals surface area contributed by atoms with Crippen LogP contribution in [0.2, 0.25) is 0 Å². The molecule has 21 heavy (non-hydrogen) atoms. The predicted molar refractivity (Wildman–Crippen MR) is 89.8 cm³/mol. The van der Waals surface area contributed by atoms with E-state index >= 15 is 0 Å². The highest BCUT2D eigenvalue weighted by atomic mass is 16.3. The zero-order chi connectivity index (χ0) is 15.2. The molecule has 0 heterocycles. The highest BCUT2D eigenvalue weighted by Gasteiger charge is 2.23. The summed E-state index contributed by atoms with van der Waals surface area (Å²) in [5.41, 5.74) is 3.95. The minimum absolute atomic E-state index is 0.229. The SMILES string of the molecule is Cc1cc(CNC(C)C)ccc1N(CCO)C1CCCC1. The maximum Gasteiger partial charge on any atom is 0.0606 e. The second kappa shape index (κ2) is 7.81. The van der Waals surface area contributed by atoms with Gasteiger partial charge in [0.05, 0.1) is 6.61 Å². The van der Waals surface area contributed by atoms with Crippen molar-refractivity contribution >= 4 is 5.69 Å².